The number of thioether (sulfide) groups is 1. The van der Waals surface area contributed by atoms with Crippen LogP contribution in [0.5, 0.6) is 0 Å². The van der Waals surface area contributed by atoms with Gasteiger partial charge in [0.1, 0.15) is 0 Å². The lowest BCUT2D eigenvalue weighted by atomic mass is 10.4. The second-order valence-corrected chi connectivity index (χ2v) is 3.02. The van der Waals surface area contributed by atoms with E-state index in [1.165, 1.54) is 0 Å². The van der Waals surface area contributed by atoms with Crippen molar-refractivity contribution < 1.29 is 10.2 Å². The average Bonchev–Trinajstić information content (AvgIpc) is 1.98. The topological polar surface area (TPSA) is 52.5 Å². The molecular formula is C6H15NO2S. The molecule has 0 bridgehead atoms. The van der Waals surface area contributed by atoms with Crippen molar-refractivity contribution in [1.82, 2.24) is 5.32 Å². The van der Waals surface area contributed by atoms with Crippen LogP contribution in [-0.2, 0) is 0 Å². The maximum absolute atomic E-state index is 8.84. The first-order valence-corrected chi connectivity index (χ1v) is 4.69. The molecular weight excluding hydrogens is 150 g/mol. The molecule has 0 amide bonds. The molecule has 0 spiro atoms. The van der Waals surface area contributed by atoms with Gasteiger partial charge in [-0.2, -0.15) is 11.8 Å². The molecule has 0 radical (unpaired) electrons. The van der Waals surface area contributed by atoms with Crippen LogP contribution in [0.25, 0.3) is 0 Å². The van der Waals surface area contributed by atoms with E-state index in [2.05, 4.69) is 5.32 Å². The monoisotopic (exact) mass is 165 g/mol. The fourth-order valence-corrected chi connectivity index (χ4v) is 0.856. The van der Waals surface area contributed by atoms with E-state index >= 15 is 0 Å². The van der Waals surface area contributed by atoms with Crippen LogP contribution in [0.1, 0.15) is 0 Å². The zero-order valence-corrected chi connectivity index (χ0v) is 7.02. The van der Waals surface area contributed by atoms with Crippen LogP contribution in [0, 0.1) is 0 Å². The lowest BCUT2D eigenvalue weighted by Crippen LogP contribution is -2.30. The van der Waals surface area contributed by atoms with E-state index in [0.29, 0.717) is 6.54 Å². The Morgan fingerprint density at radius 1 is 1.60 bits per heavy atom. The van der Waals surface area contributed by atoms with Crippen molar-refractivity contribution in [2.45, 2.75) is 6.10 Å². The summed E-state index contributed by atoms with van der Waals surface area (Å²) in [5.41, 5.74) is 0. The molecule has 0 aliphatic heterocycles. The van der Waals surface area contributed by atoms with Crippen molar-refractivity contribution >= 4 is 11.8 Å². The Bertz CT molecular complexity index is 72.8. The Morgan fingerprint density at radius 2 is 2.30 bits per heavy atom. The molecule has 3 N–H and O–H groups in total. The smallest absolute Gasteiger partial charge is 0.0894 e. The fraction of sp³-hybridized carbons (Fsp3) is 1.00. The molecule has 0 aromatic heterocycles. The standard InChI is InChI=1S/C6H15NO2S/c1-10-3-2-7-4-6(9)5-8/h6-9H,2-5H2,1H3. The summed E-state index contributed by atoms with van der Waals surface area (Å²) in [6.07, 6.45) is 1.42. The molecule has 0 fully saturated rings. The molecule has 62 valence electrons. The molecule has 10 heavy (non-hydrogen) atoms. The summed E-state index contributed by atoms with van der Waals surface area (Å²) < 4.78 is 0. The zero-order valence-electron chi connectivity index (χ0n) is 6.21. The predicted molar refractivity (Wildman–Crippen MR) is 44.3 cm³/mol. The zero-order chi connectivity index (χ0) is 7.82. The summed E-state index contributed by atoms with van der Waals surface area (Å²) >= 11 is 1.75. The van der Waals surface area contributed by atoms with Crippen molar-refractivity contribution in [1.29, 1.82) is 0 Å². The predicted octanol–water partition coefficient (Wildman–Crippen LogP) is -0.708. The third-order valence-corrected chi connectivity index (χ3v) is 1.69. The van der Waals surface area contributed by atoms with Crippen molar-refractivity contribution in [3.8, 4) is 0 Å². The number of rotatable bonds is 6. The first-order chi connectivity index (χ1) is 4.81. The van der Waals surface area contributed by atoms with E-state index in [1.807, 2.05) is 6.26 Å². The van der Waals surface area contributed by atoms with E-state index in [0.717, 1.165) is 12.3 Å². The van der Waals surface area contributed by atoms with Gasteiger partial charge in [-0.3, -0.25) is 0 Å². The second-order valence-electron chi connectivity index (χ2n) is 2.03. The molecule has 0 aliphatic carbocycles. The summed E-state index contributed by atoms with van der Waals surface area (Å²) in [6.45, 7) is 1.21. The van der Waals surface area contributed by atoms with Gasteiger partial charge >= 0.3 is 0 Å². The number of aliphatic hydroxyl groups is 2. The normalized spacial score (nSPS) is 13.5. The van der Waals surface area contributed by atoms with Crippen LogP contribution >= 0.6 is 11.8 Å². The quantitative estimate of drug-likeness (QED) is 0.455. The van der Waals surface area contributed by atoms with Gasteiger partial charge in [0.15, 0.2) is 0 Å². The first-order valence-electron chi connectivity index (χ1n) is 3.29. The SMILES string of the molecule is CSCCNCC(O)CO. The van der Waals surface area contributed by atoms with E-state index in [1.54, 1.807) is 11.8 Å². The minimum Gasteiger partial charge on any atom is -0.394 e. The molecule has 1 unspecified atom stereocenters. The Hall–Kier alpha value is 0.230. The molecule has 0 saturated carbocycles. The highest BCUT2D eigenvalue weighted by atomic mass is 32.2. The molecule has 0 rings (SSSR count). The number of aliphatic hydroxyl groups excluding tert-OH is 2. The van der Waals surface area contributed by atoms with Gasteiger partial charge in [0.05, 0.1) is 12.7 Å². The van der Waals surface area contributed by atoms with Crippen LogP contribution in [0.3, 0.4) is 0 Å². The van der Waals surface area contributed by atoms with Crippen LogP contribution in [-0.4, -0.2) is 48.0 Å². The molecule has 0 aromatic rings. The molecule has 1 atom stereocenters. The average molecular weight is 165 g/mol. The molecule has 0 aliphatic rings. The minimum atomic E-state index is -0.609. The van der Waals surface area contributed by atoms with Crippen LogP contribution < -0.4 is 5.32 Å². The molecule has 0 heterocycles. The van der Waals surface area contributed by atoms with Gasteiger partial charge in [-0.15, -0.1) is 0 Å². The highest BCUT2D eigenvalue weighted by Gasteiger charge is 1.98. The molecule has 0 aromatic carbocycles. The van der Waals surface area contributed by atoms with Crippen molar-refractivity contribution in [2.75, 3.05) is 31.7 Å². The van der Waals surface area contributed by atoms with E-state index < -0.39 is 6.10 Å². The van der Waals surface area contributed by atoms with Gasteiger partial charge in [-0.1, -0.05) is 0 Å². The lowest BCUT2D eigenvalue weighted by molar-refractivity contribution is 0.0950. The summed E-state index contributed by atoms with van der Waals surface area (Å²) in [5, 5.41) is 20.2. The van der Waals surface area contributed by atoms with Crippen LogP contribution in [0.4, 0.5) is 0 Å². The number of hydrogen-bond donors (Lipinski definition) is 3. The van der Waals surface area contributed by atoms with Gasteiger partial charge in [0, 0.05) is 18.8 Å². The second kappa shape index (κ2) is 7.34. The number of hydrogen-bond acceptors (Lipinski definition) is 4. The minimum absolute atomic E-state index is 0.160. The van der Waals surface area contributed by atoms with Crippen LogP contribution in [0.2, 0.25) is 0 Å². The van der Waals surface area contributed by atoms with E-state index in [4.69, 9.17) is 10.2 Å². The molecule has 0 saturated heterocycles. The first kappa shape index (κ1) is 10.2. The summed E-state index contributed by atoms with van der Waals surface area (Å²) in [5.74, 6) is 1.04. The van der Waals surface area contributed by atoms with Crippen molar-refractivity contribution in [3.63, 3.8) is 0 Å². The third kappa shape index (κ3) is 6.35. The molecule has 3 nitrogen and oxygen atoms in total. The largest absolute Gasteiger partial charge is 0.394 e. The van der Waals surface area contributed by atoms with Gasteiger partial charge < -0.3 is 15.5 Å². The maximum atomic E-state index is 8.84. The lowest BCUT2D eigenvalue weighted by Gasteiger charge is -2.07. The van der Waals surface area contributed by atoms with Gasteiger partial charge in [0.2, 0.25) is 0 Å². The van der Waals surface area contributed by atoms with Gasteiger partial charge in [0.25, 0.3) is 0 Å². The fourth-order valence-electron chi connectivity index (χ4n) is 0.507. The Morgan fingerprint density at radius 3 is 2.80 bits per heavy atom. The highest BCUT2D eigenvalue weighted by Crippen LogP contribution is 1.87. The van der Waals surface area contributed by atoms with Gasteiger partial charge in [-0.05, 0) is 6.26 Å². The van der Waals surface area contributed by atoms with E-state index in [9.17, 15) is 0 Å². The van der Waals surface area contributed by atoms with Crippen molar-refractivity contribution in [2.24, 2.45) is 0 Å². The highest BCUT2D eigenvalue weighted by molar-refractivity contribution is 7.98. The Balaban J connectivity index is 2.89. The Labute approximate surface area is 65.8 Å². The maximum Gasteiger partial charge on any atom is 0.0894 e. The van der Waals surface area contributed by atoms with E-state index in [-0.39, 0.29) is 6.61 Å². The summed E-state index contributed by atoms with van der Waals surface area (Å²) in [7, 11) is 0. The number of nitrogens with one attached hydrogen (secondary N) is 1. The summed E-state index contributed by atoms with van der Waals surface area (Å²) in [6, 6.07) is 0. The van der Waals surface area contributed by atoms with Gasteiger partial charge in [-0.25, -0.2) is 0 Å². The van der Waals surface area contributed by atoms with Crippen LogP contribution in [0.15, 0.2) is 0 Å². The van der Waals surface area contributed by atoms with Crippen molar-refractivity contribution in [3.05, 3.63) is 0 Å². The third-order valence-electron chi connectivity index (χ3n) is 1.07. The molecule has 4 heteroatoms. The summed E-state index contributed by atoms with van der Waals surface area (Å²) in [4.78, 5) is 0. The Kier molecular flexibility index (Phi) is 7.51.